The van der Waals surface area contributed by atoms with Crippen LogP contribution < -0.4 is 5.32 Å². The molecule has 6 nitrogen and oxygen atoms in total. The monoisotopic (exact) mass is 483 g/mol. The summed E-state index contributed by atoms with van der Waals surface area (Å²) in [5, 5.41) is 3.45. The molecule has 0 aromatic heterocycles. The molecule has 0 aromatic carbocycles. The van der Waals surface area contributed by atoms with E-state index in [4.69, 9.17) is 0 Å². The molecule has 8 heteroatoms. The van der Waals surface area contributed by atoms with Crippen molar-refractivity contribution >= 4 is 47.6 Å². The van der Waals surface area contributed by atoms with E-state index in [1.54, 1.807) is 7.05 Å². The third-order valence-electron chi connectivity index (χ3n) is 4.67. The molecule has 0 unspecified atom stereocenters. The molecule has 0 radical (unpaired) electrons. The van der Waals surface area contributed by atoms with Gasteiger partial charge in [-0.3, -0.25) is 14.7 Å². The zero-order chi connectivity index (χ0) is 17.7. The van der Waals surface area contributed by atoms with Crippen molar-refractivity contribution in [2.24, 2.45) is 4.99 Å². The van der Waals surface area contributed by atoms with Crippen LogP contribution >= 0.6 is 35.7 Å². The van der Waals surface area contributed by atoms with E-state index in [1.807, 2.05) is 16.7 Å². The number of amides is 1. The maximum atomic E-state index is 12.6. The predicted molar refractivity (Wildman–Crippen MR) is 118 cm³/mol. The number of aliphatic imine (C=N–C) groups is 1. The van der Waals surface area contributed by atoms with Gasteiger partial charge in [0.1, 0.15) is 0 Å². The molecular weight excluding hydrogens is 449 g/mol. The number of hydrogen-bond acceptors (Lipinski definition) is 4. The maximum Gasteiger partial charge on any atom is 0.242 e. The molecule has 2 heterocycles. The number of thioether (sulfide) groups is 1. The summed E-state index contributed by atoms with van der Waals surface area (Å²) < 4.78 is 0. The molecule has 0 aliphatic carbocycles. The van der Waals surface area contributed by atoms with E-state index >= 15 is 0 Å². The van der Waals surface area contributed by atoms with Crippen molar-refractivity contribution in [3.63, 3.8) is 0 Å². The van der Waals surface area contributed by atoms with Gasteiger partial charge in [0.2, 0.25) is 5.91 Å². The van der Waals surface area contributed by atoms with Gasteiger partial charge in [0.15, 0.2) is 5.96 Å². The van der Waals surface area contributed by atoms with Crippen molar-refractivity contribution in [2.45, 2.75) is 39.3 Å². The van der Waals surface area contributed by atoms with Crippen LogP contribution in [0.4, 0.5) is 0 Å². The average molecular weight is 483 g/mol. The van der Waals surface area contributed by atoms with Crippen LogP contribution in [0.15, 0.2) is 4.99 Å². The van der Waals surface area contributed by atoms with Crippen LogP contribution in [0.25, 0.3) is 0 Å². The Labute approximate surface area is 174 Å². The Bertz CT molecular complexity index is 466. The molecule has 2 fully saturated rings. The molecule has 0 saturated carbocycles. The topological polar surface area (TPSA) is 51.2 Å². The average Bonchev–Trinajstić information content (AvgIpc) is 2.50. The summed E-state index contributed by atoms with van der Waals surface area (Å²) in [6.45, 7) is 13.9. The van der Waals surface area contributed by atoms with Crippen LogP contribution in [-0.4, -0.2) is 96.0 Å². The normalized spacial score (nSPS) is 22.2. The summed E-state index contributed by atoms with van der Waals surface area (Å²) in [6, 6.07) is 0.224. The molecular formula is C17H34IN5OS. The number of nitrogens with zero attached hydrogens (tertiary/aromatic N) is 4. The Morgan fingerprint density at radius 2 is 1.96 bits per heavy atom. The van der Waals surface area contributed by atoms with Gasteiger partial charge < -0.3 is 15.1 Å². The van der Waals surface area contributed by atoms with E-state index in [0.717, 1.165) is 25.6 Å². The Kier molecular flexibility index (Phi) is 9.31. The largest absolute Gasteiger partial charge is 0.355 e. The number of carbonyl (C=O) groups is 1. The number of hydrogen-bond donors (Lipinski definition) is 1. The smallest absolute Gasteiger partial charge is 0.242 e. The minimum Gasteiger partial charge on any atom is -0.355 e. The first kappa shape index (κ1) is 22.8. The Balaban J connectivity index is 0.00000312. The van der Waals surface area contributed by atoms with E-state index in [-0.39, 0.29) is 41.5 Å². The number of rotatable bonds is 4. The molecule has 0 spiro atoms. The second-order valence-electron chi connectivity index (χ2n) is 7.45. The zero-order valence-corrected chi connectivity index (χ0v) is 19.4. The maximum absolute atomic E-state index is 12.6. The van der Waals surface area contributed by atoms with Gasteiger partial charge in [-0.15, -0.1) is 24.0 Å². The summed E-state index contributed by atoms with van der Waals surface area (Å²) in [7, 11) is 1.80. The van der Waals surface area contributed by atoms with E-state index in [9.17, 15) is 4.79 Å². The highest BCUT2D eigenvalue weighted by atomic mass is 127. The van der Waals surface area contributed by atoms with Gasteiger partial charge in [0.25, 0.3) is 0 Å². The first-order valence-corrected chi connectivity index (χ1v) is 10.1. The van der Waals surface area contributed by atoms with Crippen molar-refractivity contribution in [3.05, 3.63) is 0 Å². The Morgan fingerprint density at radius 3 is 2.48 bits per heavy atom. The zero-order valence-electron chi connectivity index (χ0n) is 16.2. The number of guanidine groups is 1. The molecule has 0 atom stereocenters. The van der Waals surface area contributed by atoms with Gasteiger partial charge in [-0.1, -0.05) is 0 Å². The quantitative estimate of drug-likeness (QED) is 0.374. The molecule has 146 valence electrons. The van der Waals surface area contributed by atoms with Crippen molar-refractivity contribution in [2.75, 3.05) is 57.8 Å². The van der Waals surface area contributed by atoms with Crippen molar-refractivity contribution < 1.29 is 4.79 Å². The number of piperazine rings is 1. The summed E-state index contributed by atoms with van der Waals surface area (Å²) in [5.74, 6) is 3.48. The van der Waals surface area contributed by atoms with Gasteiger partial charge >= 0.3 is 0 Å². The summed E-state index contributed by atoms with van der Waals surface area (Å²) in [6.07, 6.45) is 0. The minimum atomic E-state index is -0.189. The first-order chi connectivity index (χ1) is 11.3. The van der Waals surface area contributed by atoms with Crippen LogP contribution in [0, 0.1) is 0 Å². The molecule has 2 rings (SSSR count). The highest BCUT2D eigenvalue weighted by Crippen LogP contribution is 2.24. The molecule has 0 aromatic rings. The molecule has 1 amide bonds. The van der Waals surface area contributed by atoms with E-state index in [0.29, 0.717) is 6.54 Å². The van der Waals surface area contributed by atoms with Gasteiger partial charge in [-0.05, 0) is 27.7 Å². The fourth-order valence-corrected chi connectivity index (χ4v) is 4.77. The lowest BCUT2D eigenvalue weighted by atomic mass is 9.96. The second kappa shape index (κ2) is 10.2. The third kappa shape index (κ3) is 6.16. The highest BCUT2D eigenvalue weighted by molar-refractivity contribution is 14.0. The van der Waals surface area contributed by atoms with Gasteiger partial charge in [-0.25, -0.2) is 0 Å². The second-order valence-corrected chi connectivity index (χ2v) is 8.68. The lowest BCUT2D eigenvalue weighted by molar-refractivity contribution is -0.145. The van der Waals surface area contributed by atoms with Gasteiger partial charge in [0, 0.05) is 57.3 Å². The Morgan fingerprint density at radius 1 is 1.32 bits per heavy atom. The van der Waals surface area contributed by atoms with Crippen molar-refractivity contribution in [1.82, 2.24) is 20.0 Å². The van der Waals surface area contributed by atoms with E-state index < -0.39 is 0 Å². The van der Waals surface area contributed by atoms with Gasteiger partial charge in [-0.2, -0.15) is 11.8 Å². The molecule has 2 saturated heterocycles. The Hall–Kier alpha value is -0.220. The van der Waals surface area contributed by atoms with Crippen LogP contribution in [0.5, 0.6) is 0 Å². The standard InChI is InChI=1S/C17H33N5OS.HI/c1-14(2)22-15(23)12-21(13-17(22,3)4)16(18-5)19-6-7-20-8-10-24-11-9-20;/h14H,6-13H2,1-5H3,(H,18,19);1H. The number of nitrogens with one attached hydrogen (secondary N) is 1. The molecule has 0 bridgehead atoms. The third-order valence-corrected chi connectivity index (χ3v) is 5.61. The molecule has 25 heavy (non-hydrogen) atoms. The highest BCUT2D eigenvalue weighted by Gasteiger charge is 2.40. The van der Waals surface area contributed by atoms with Crippen LogP contribution in [0.3, 0.4) is 0 Å². The predicted octanol–water partition coefficient (Wildman–Crippen LogP) is 1.56. The van der Waals surface area contributed by atoms with Crippen LogP contribution in [0.1, 0.15) is 27.7 Å². The van der Waals surface area contributed by atoms with E-state index in [1.165, 1.54) is 24.6 Å². The number of halogens is 1. The lowest BCUT2D eigenvalue weighted by Gasteiger charge is -2.49. The number of carbonyl (C=O) groups excluding carboxylic acids is 1. The van der Waals surface area contributed by atoms with Crippen LogP contribution in [0.2, 0.25) is 0 Å². The first-order valence-electron chi connectivity index (χ1n) is 8.93. The molecule has 1 N–H and O–H groups in total. The fourth-order valence-electron chi connectivity index (χ4n) is 3.80. The van der Waals surface area contributed by atoms with Crippen molar-refractivity contribution in [1.29, 1.82) is 0 Å². The summed E-state index contributed by atoms with van der Waals surface area (Å²) in [5.41, 5.74) is -0.189. The molecule has 2 aliphatic rings. The van der Waals surface area contributed by atoms with Gasteiger partial charge in [0.05, 0.1) is 12.1 Å². The van der Waals surface area contributed by atoms with E-state index in [2.05, 4.69) is 47.8 Å². The summed E-state index contributed by atoms with van der Waals surface area (Å²) >= 11 is 2.03. The lowest BCUT2D eigenvalue weighted by Crippen LogP contribution is -2.66. The molecule has 2 aliphatic heterocycles. The summed E-state index contributed by atoms with van der Waals surface area (Å²) in [4.78, 5) is 23.6. The minimum absolute atomic E-state index is 0. The SMILES string of the molecule is CN=C(NCCN1CCSCC1)N1CC(=O)N(C(C)C)C(C)(C)C1.I. The van der Waals surface area contributed by atoms with Crippen molar-refractivity contribution in [3.8, 4) is 0 Å². The fraction of sp³-hybridized carbons (Fsp3) is 0.882. The van der Waals surface area contributed by atoms with Crippen LogP contribution in [-0.2, 0) is 4.79 Å².